The second kappa shape index (κ2) is 4.31. The summed E-state index contributed by atoms with van der Waals surface area (Å²) in [6, 6.07) is 0.323. The van der Waals surface area contributed by atoms with Gasteiger partial charge in [0.1, 0.15) is 5.70 Å². The summed E-state index contributed by atoms with van der Waals surface area (Å²) in [7, 11) is 0. The van der Waals surface area contributed by atoms with Gasteiger partial charge in [-0.15, -0.1) is 0 Å². The zero-order valence-corrected chi connectivity index (χ0v) is 9.77. The van der Waals surface area contributed by atoms with Crippen molar-refractivity contribution in [2.75, 3.05) is 0 Å². The molecular formula is C11H16N2OS. The maximum atomic E-state index is 12.0. The van der Waals surface area contributed by atoms with Crippen LogP contribution in [0.25, 0.3) is 0 Å². The van der Waals surface area contributed by atoms with E-state index in [9.17, 15) is 4.79 Å². The van der Waals surface area contributed by atoms with Gasteiger partial charge in [-0.2, -0.15) is 0 Å². The third-order valence-corrected chi connectivity index (χ3v) is 3.44. The van der Waals surface area contributed by atoms with Gasteiger partial charge in [-0.3, -0.25) is 9.69 Å². The van der Waals surface area contributed by atoms with Crippen LogP contribution in [0.3, 0.4) is 0 Å². The first kappa shape index (κ1) is 10.6. The lowest BCUT2D eigenvalue weighted by Gasteiger charge is -2.29. The van der Waals surface area contributed by atoms with Gasteiger partial charge in [-0.05, 0) is 32.0 Å². The van der Waals surface area contributed by atoms with Crippen LogP contribution in [0.4, 0.5) is 0 Å². The predicted octanol–water partition coefficient (Wildman–Crippen LogP) is 1.94. The normalized spacial score (nSPS) is 26.2. The Hall–Kier alpha value is -0.900. The Morgan fingerprint density at radius 2 is 2.07 bits per heavy atom. The molecule has 2 aliphatic rings. The summed E-state index contributed by atoms with van der Waals surface area (Å²) in [5.41, 5.74) is 0.630. The predicted molar refractivity (Wildman–Crippen MR) is 63.2 cm³/mol. The van der Waals surface area contributed by atoms with E-state index in [1.165, 1.54) is 19.3 Å². The minimum atomic E-state index is 0.0504. The zero-order chi connectivity index (χ0) is 10.8. The number of nitrogens with zero attached hydrogens (tertiary/aromatic N) is 1. The van der Waals surface area contributed by atoms with Crippen molar-refractivity contribution in [3.63, 3.8) is 0 Å². The molecular weight excluding hydrogens is 208 g/mol. The molecule has 0 spiro atoms. The van der Waals surface area contributed by atoms with E-state index in [2.05, 4.69) is 5.32 Å². The fraction of sp³-hybridized carbons (Fsp3) is 0.636. The van der Waals surface area contributed by atoms with E-state index in [0.717, 1.165) is 12.8 Å². The van der Waals surface area contributed by atoms with Crippen LogP contribution in [0.2, 0.25) is 0 Å². The highest BCUT2D eigenvalue weighted by molar-refractivity contribution is 7.80. The maximum absolute atomic E-state index is 12.0. The molecule has 4 heteroatoms. The molecule has 0 aromatic rings. The van der Waals surface area contributed by atoms with Crippen molar-refractivity contribution in [2.24, 2.45) is 0 Å². The zero-order valence-electron chi connectivity index (χ0n) is 8.95. The van der Waals surface area contributed by atoms with Crippen LogP contribution >= 0.6 is 12.2 Å². The largest absolute Gasteiger partial charge is 0.328 e. The molecule has 0 unspecified atom stereocenters. The number of hydrogen-bond acceptors (Lipinski definition) is 2. The molecule has 3 nitrogen and oxygen atoms in total. The Bertz CT molecular complexity index is 319. The summed E-state index contributed by atoms with van der Waals surface area (Å²) in [4.78, 5) is 13.7. The molecule has 1 heterocycles. The van der Waals surface area contributed by atoms with E-state index in [1.807, 2.05) is 6.92 Å². The van der Waals surface area contributed by atoms with Crippen LogP contribution in [0.15, 0.2) is 11.8 Å². The monoisotopic (exact) mass is 224 g/mol. The van der Waals surface area contributed by atoms with Gasteiger partial charge in [0.15, 0.2) is 5.11 Å². The first-order valence-electron chi connectivity index (χ1n) is 5.55. The summed E-state index contributed by atoms with van der Waals surface area (Å²) in [6.45, 7) is 1.85. The summed E-state index contributed by atoms with van der Waals surface area (Å²) in [5.74, 6) is 0.0504. The van der Waals surface area contributed by atoms with Crippen LogP contribution in [-0.4, -0.2) is 22.0 Å². The molecule has 1 N–H and O–H groups in total. The van der Waals surface area contributed by atoms with Crippen molar-refractivity contribution in [3.05, 3.63) is 11.8 Å². The highest BCUT2D eigenvalue weighted by Gasteiger charge is 2.35. The van der Waals surface area contributed by atoms with E-state index in [4.69, 9.17) is 12.2 Å². The van der Waals surface area contributed by atoms with Crippen molar-refractivity contribution in [1.82, 2.24) is 10.2 Å². The Kier molecular flexibility index (Phi) is 3.05. The minimum Gasteiger partial charge on any atom is -0.328 e. The fourth-order valence-electron chi connectivity index (χ4n) is 2.32. The number of thiocarbonyl (C=S) groups is 1. The van der Waals surface area contributed by atoms with E-state index in [0.29, 0.717) is 16.9 Å². The number of allylic oxidation sites excluding steroid dienone is 1. The van der Waals surface area contributed by atoms with Gasteiger partial charge in [0.25, 0.3) is 5.91 Å². The SMILES string of the molecule is C/C=C1/NC(=S)N(C2CCCCC2)C1=O. The maximum Gasteiger partial charge on any atom is 0.276 e. The number of rotatable bonds is 1. The van der Waals surface area contributed by atoms with Gasteiger partial charge in [-0.1, -0.05) is 25.3 Å². The van der Waals surface area contributed by atoms with Gasteiger partial charge < -0.3 is 5.32 Å². The average Bonchev–Trinajstić information content (AvgIpc) is 2.55. The van der Waals surface area contributed by atoms with Crippen molar-refractivity contribution >= 4 is 23.2 Å². The third-order valence-electron chi connectivity index (χ3n) is 3.14. The van der Waals surface area contributed by atoms with Crippen LogP contribution in [0, 0.1) is 0 Å². The van der Waals surface area contributed by atoms with Crippen LogP contribution in [0.5, 0.6) is 0 Å². The quantitative estimate of drug-likeness (QED) is 0.546. The minimum absolute atomic E-state index is 0.0504. The summed E-state index contributed by atoms with van der Waals surface area (Å²) >= 11 is 5.19. The van der Waals surface area contributed by atoms with E-state index in [1.54, 1.807) is 11.0 Å². The third kappa shape index (κ3) is 1.91. The first-order valence-corrected chi connectivity index (χ1v) is 5.95. The summed E-state index contributed by atoms with van der Waals surface area (Å²) in [6.07, 6.45) is 7.67. The Labute approximate surface area is 95.5 Å². The molecule has 1 saturated heterocycles. The van der Waals surface area contributed by atoms with E-state index < -0.39 is 0 Å². The molecule has 1 aliphatic heterocycles. The molecule has 1 amide bonds. The molecule has 1 saturated carbocycles. The van der Waals surface area contributed by atoms with Crippen LogP contribution in [-0.2, 0) is 4.79 Å². The first-order chi connectivity index (χ1) is 7.24. The smallest absolute Gasteiger partial charge is 0.276 e. The summed E-state index contributed by atoms with van der Waals surface area (Å²) in [5, 5.41) is 3.55. The number of carbonyl (C=O) groups excluding carboxylic acids is 1. The molecule has 0 radical (unpaired) electrons. The lowest BCUT2D eigenvalue weighted by atomic mass is 9.94. The molecule has 0 atom stereocenters. The van der Waals surface area contributed by atoms with Gasteiger partial charge in [0.05, 0.1) is 0 Å². The number of amides is 1. The van der Waals surface area contributed by atoms with Crippen molar-refractivity contribution in [3.8, 4) is 0 Å². The average molecular weight is 224 g/mol. The number of nitrogens with one attached hydrogen (secondary N) is 1. The topological polar surface area (TPSA) is 32.3 Å². The van der Waals surface area contributed by atoms with Crippen molar-refractivity contribution in [2.45, 2.75) is 45.1 Å². The van der Waals surface area contributed by atoms with E-state index in [-0.39, 0.29) is 5.91 Å². The van der Waals surface area contributed by atoms with Gasteiger partial charge in [0.2, 0.25) is 0 Å². The fourth-order valence-corrected chi connectivity index (χ4v) is 2.66. The Balaban J connectivity index is 2.14. The second-order valence-corrected chi connectivity index (χ2v) is 4.49. The molecule has 0 aromatic carbocycles. The lowest BCUT2D eigenvalue weighted by Crippen LogP contribution is -2.41. The van der Waals surface area contributed by atoms with Gasteiger partial charge in [0, 0.05) is 6.04 Å². The molecule has 2 rings (SSSR count). The highest BCUT2D eigenvalue weighted by atomic mass is 32.1. The highest BCUT2D eigenvalue weighted by Crippen LogP contribution is 2.26. The lowest BCUT2D eigenvalue weighted by molar-refractivity contribution is -0.124. The van der Waals surface area contributed by atoms with Gasteiger partial charge >= 0.3 is 0 Å². The second-order valence-electron chi connectivity index (χ2n) is 4.10. The Morgan fingerprint density at radius 3 is 2.60 bits per heavy atom. The van der Waals surface area contributed by atoms with E-state index >= 15 is 0 Å². The van der Waals surface area contributed by atoms with Crippen molar-refractivity contribution in [1.29, 1.82) is 0 Å². The number of carbonyl (C=O) groups is 1. The molecule has 15 heavy (non-hydrogen) atoms. The van der Waals surface area contributed by atoms with Crippen LogP contribution < -0.4 is 5.32 Å². The van der Waals surface area contributed by atoms with Crippen LogP contribution in [0.1, 0.15) is 39.0 Å². The number of hydrogen-bond donors (Lipinski definition) is 1. The van der Waals surface area contributed by atoms with Gasteiger partial charge in [-0.25, -0.2) is 0 Å². The molecule has 2 fully saturated rings. The molecule has 1 aliphatic carbocycles. The summed E-state index contributed by atoms with van der Waals surface area (Å²) < 4.78 is 0. The molecule has 0 bridgehead atoms. The van der Waals surface area contributed by atoms with Crippen molar-refractivity contribution < 1.29 is 4.79 Å². The molecule has 0 aromatic heterocycles. The Morgan fingerprint density at radius 1 is 1.40 bits per heavy atom. The molecule has 82 valence electrons. The standard InChI is InChI=1S/C11H16N2OS/c1-2-9-10(14)13(11(15)12-9)8-6-4-3-5-7-8/h2,8H,3-7H2,1H3,(H,12,15)/b9-2+.